The van der Waals surface area contributed by atoms with E-state index in [2.05, 4.69) is 10.3 Å². The van der Waals surface area contributed by atoms with Crippen molar-refractivity contribution < 1.29 is 5.11 Å². The normalized spacial score (nSPS) is 24.2. The topological polar surface area (TPSA) is 70.6 Å². The zero-order valence-electron chi connectivity index (χ0n) is 6.70. The zero-order chi connectivity index (χ0) is 8.43. The number of hydrogen-bond acceptors (Lipinski definition) is 4. The van der Waals surface area contributed by atoms with Crippen LogP contribution in [0.3, 0.4) is 0 Å². The van der Waals surface area contributed by atoms with E-state index in [1.54, 1.807) is 6.08 Å². The number of allylic oxidation sites excluding steroid dienone is 1. The van der Waals surface area contributed by atoms with Crippen LogP contribution in [-0.2, 0) is 0 Å². The van der Waals surface area contributed by atoms with Crippen LogP contribution in [0, 0.1) is 5.92 Å². The van der Waals surface area contributed by atoms with Gasteiger partial charge in [-0.3, -0.25) is 0 Å². The predicted molar refractivity (Wildman–Crippen MR) is 43.7 cm³/mol. The number of aliphatic hydroxyl groups is 1. The number of nitrogens with one attached hydrogen (secondary N) is 1. The van der Waals surface area contributed by atoms with Crippen LogP contribution < -0.4 is 11.1 Å². The molecule has 1 aliphatic rings. The molecule has 4 nitrogen and oxygen atoms in total. The van der Waals surface area contributed by atoms with E-state index in [0.29, 0.717) is 5.92 Å². The number of hydrogen-bond donors (Lipinski definition) is 3. The number of nitrogens with two attached hydrogens (primary N) is 1. The van der Waals surface area contributed by atoms with E-state index in [9.17, 15) is 0 Å². The summed E-state index contributed by atoms with van der Waals surface area (Å²) < 4.78 is 0. The average Bonchev–Trinajstić information content (AvgIpc) is 1.85. The molecule has 0 spiro atoms. The van der Waals surface area contributed by atoms with Crippen molar-refractivity contribution in [3.63, 3.8) is 0 Å². The Bertz CT molecular complexity index is 208. The molecule has 62 valence electrons. The Hall–Kier alpha value is -1.03. The molecule has 1 aliphatic heterocycles. The third-order valence-corrected chi connectivity index (χ3v) is 1.49. The van der Waals surface area contributed by atoms with E-state index >= 15 is 0 Å². The molecular formula is C7H13N3O. The van der Waals surface area contributed by atoms with Crippen LogP contribution in [0.1, 0.15) is 13.8 Å². The molecule has 4 heteroatoms. The van der Waals surface area contributed by atoms with Gasteiger partial charge in [0.15, 0.2) is 12.2 Å². The van der Waals surface area contributed by atoms with E-state index in [0.717, 1.165) is 5.70 Å². The first-order valence-corrected chi connectivity index (χ1v) is 3.59. The Kier molecular flexibility index (Phi) is 2.14. The molecule has 0 saturated heterocycles. The number of nitrogens with zero attached hydrogens (tertiary/aromatic N) is 1. The van der Waals surface area contributed by atoms with Crippen LogP contribution in [0.15, 0.2) is 16.8 Å². The predicted octanol–water partition coefficient (Wildman–Crippen LogP) is -0.237. The first kappa shape index (κ1) is 8.07. The molecule has 1 rings (SSSR count). The lowest BCUT2D eigenvalue weighted by Gasteiger charge is -2.19. The molecule has 0 saturated carbocycles. The molecule has 0 radical (unpaired) electrons. The summed E-state index contributed by atoms with van der Waals surface area (Å²) >= 11 is 0. The minimum atomic E-state index is -0.784. The number of rotatable bonds is 1. The second-order valence-corrected chi connectivity index (χ2v) is 2.83. The lowest BCUT2D eigenvalue weighted by Crippen LogP contribution is -2.37. The van der Waals surface area contributed by atoms with Gasteiger partial charge in [0, 0.05) is 5.70 Å². The van der Waals surface area contributed by atoms with Gasteiger partial charge in [-0.15, -0.1) is 0 Å². The molecule has 0 aliphatic carbocycles. The molecule has 0 unspecified atom stereocenters. The molecule has 0 aromatic rings. The summed E-state index contributed by atoms with van der Waals surface area (Å²) in [7, 11) is 0. The molecule has 4 N–H and O–H groups in total. The van der Waals surface area contributed by atoms with Crippen LogP contribution in [0.25, 0.3) is 0 Å². The van der Waals surface area contributed by atoms with Crippen LogP contribution in [-0.4, -0.2) is 17.3 Å². The number of guanidine groups is 1. The fourth-order valence-electron chi connectivity index (χ4n) is 0.899. The van der Waals surface area contributed by atoms with E-state index in [1.165, 1.54) is 0 Å². The van der Waals surface area contributed by atoms with Gasteiger partial charge in [0.1, 0.15) is 0 Å². The fraction of sp³-hybridized carbons (Fsp3) is 0.571. The zero-order valence-corrected chi connectivity index (χ0v) is 6.70. The Morgan fingerprint density at radius 2 is 2.36 bits per heavy atom. The third-order valence-electron chi connectivity index (χ3n) is 1.49. The Balaban J connectivity index is 2.71. The molecular weight excluding hydrogens is 142 g/mol. The minimum Gasteiger partial charge on any atom is -0.370 e. The van der Waals surface area contributed by atoms with Crippen molar-refractivity contribution in [1.29, 1.82) is 0 Å². The minimum absolute atomic E-state index is 0.281. The first-order valence-electron chi connectivity index (χ1n) is 3.59. The van der Waals surface area contributed by atoms with Gasteiger partial charge in [0.25, 0.3) is 0 Å². The van der Waals surface area contributed by atoms with Crippen molar-refractivity contribution in [2.45, 2.75) is 20.1 Å². The summed E-state index contributed by atoms with van der Waals surface area (Å²) in [6, 6.07) is 0. The van der Waals surface area contributed by atoms with Gasteiger partial charge in [-0.05, 0) is 12.0 Å². The molecule has 0 bridgehead atoms. The largest absolute Gasteiger partial charge is 0.370 e. The van der Waals surface area contributed by atoms with Crippen molar-refractivity contribution in [2.24, 2.45) is 16.6 Å². The Morgan fingerprint density at radius 1 is 1.73 bits per heavy atom. The number of aliphatic imine (C=N–C) groups is 1. The highest BCUT2D eigenvalue weighted by atomic mass is 16.3. The molecule has 0 amide bonds. The maximum atomic E-state index is 9.12. The summed E-state index contributed by atoms with van der Waals surface area (Å²) in [6.45, 7) is 4.04. The average molecular weight is 155 g/mol. The van der Waals surface area contributed by atoms with Crippen LogP contribution >= 0.6 is 0 Å². The van der Waals surface area contributed by atoms with Gasteiger partial charge in [0.05, 0.1) is 0 Å². The van der Waals surface area contributed by atoms with Crippen LogP contribution in [0.4, 0.5) is 0 Å². The Labute approximate surface area is 65.8 Å². The van der Waals surface area contributed by atoms with E-state index in [-0.39, 0.29) is 5.96 Å². The van der Waals surface area contributed by atoms with E-state index in [4.69, 9.17) is 10.8 Å². The molecule has 0 aromatic carbocycles. The smallest absolute Gasteiger partial charge is 0.195 e. The SMILES string of the molecule is CC(C)C1=C[C@H](O)N=C(N)N1. The van der Waals surface area contributed by atoms with E-state index in [1.807, 2.05) is 13.8 Å². The second kappa shape index (κ2) is 2.92. The van der Waals surface area contributed by atoms with E-state index < -0.39 is 6.23 Å². The second-order valence-electron chi connectivity index (χ2n) is 2.83. The fourth-order valence-corrected chi connectivity index (χ4v) is 0.899. The summed E-state index contributed by atoms with van der Waals surface area (Å²) in [5, 5.41) is 12.0. The van der Waals surface area contributed by atoms with Gasteiger partial charge in [-0.2, -0.15) is 0 Å². The summed E-state index contributed by atoms with van der Waals surface area (Å²) in [5.41, 5.74) is 6.31. The highest BCUT2D eigenvalue weighted by Gasteiger charge is 2.12. The highest BCUT2D eigenvalue weighted by Crippen LogP contribution is 2.10. The molecule has 1 atom stereocenters. The van der Waals surface area contributed by atoms with Crippen LogP contribution in [0.2, 0.25) is 0 Å². The van der Waals surface area contributed by atoms with Crippen molar-refractivity contribution >= 4 is 5.96 Å². The quantitative estimate of drug-likeness (QED) is 0.489. The molecule has 1 heterocycles. The lowest BCUT2D eigenvalue weighted by atomic mass is 10.1. The molecule has 0 aromatic heterocycles. The summed E-state index contributed by atoms with van der Waals surface area (Å²) in [5.74, 6) is 0.613. The maximum absolute atomic E-state index is 9.12. The van der Waals surface area contributed by atoms with Crippen molar-refractivity contribution in [2.75, 3.05) is 0 Å². The molecule has 11 heavy (non-hydrogen) atoms. The third kappa shape index (κ3) is 1.94. The first-order chi connectivity index (χ1) is 5.09. The lowest BCUT2D eigenvalue weighted by molar-refractivity contribution is 0.228. The van der Waals surface area contributed by atoms with Crippen molar-refractivity contribution in [3.8, 4) is 0 Å². The maximum Gasteiger partial charge on any atom is 0.195 e. The monoisotopic (exact) mass is 155 g/mol. The van der Waals surface area contributed by atoms with Gasteiger partial charge < -0.3 is 16.2 Å². The van der Waals surface area contributed by atoms with Gasteiger partial charge in [-0.25, -0.2) is 4.99 Å². The van der Waals surface area contributed by atoms with Gasteiger partial charge in [0.2, 0.25) is 0 Å². The van der Waals surface area contributed by atoms with Gasteiger partial charge in [-0.1, -0.05) is 13.8 Å². The highest BCUT2D eigenvalue weighted by molar-refractivity contribution is 5.80. The van der Waals surface area contributed by atoms with Crippen molar-refractivity contribution in [3.05, 3.63) is 11.8 Å². The standard InChI is InChI=1S/C7H13N3O/c1-4(2)5-3-6(11)10-7(8)9-5/h3-4,6,11H,1-2H3,(H3,8,9,10)/t6-/m0/s1. The summed E-state index contributed by atoms with van der Waals surface area (Å²) in [4.78, 5) is 3.68. The summed E-state index contributed by atoms with van der Waals surface area (Å²) in [6.07, 6.45) is 0.870. The number of aliphatic hydroxyl groups excluding tert-OH is 1. The van der Waals surface area contributed by atoms with Crippen LogP contribution in [0.5, 0.6) is 0 Å². The Morgan fingerprint density at radius 3 is 2.82 bits per heavy atom. The molecule has 0 fully saturated rings. The van der Waals surface area contributed by atoms with Gasteiger partial charge >= 0.3 is 0 Å². The van der Waals surface area contributed by atoms with Crippen molar-refractivity contribution in [1.82, 2.24) is 5.32 Å².